The van der Waals surface area contributed by atoms with Crippen molar-refractivity contribution >= 4 is 18.0 Å². The number of nitrogens with one attached hydrogen (secondary N) is 1. The first-order valence-corrected chi connectivity index (χ1v) is 10.8. The molecule has 0 unspecified atom stereocenters. The first kappa shape index (κ1) is 21.6. The van der Waals surface area contributed by atoms with Gasteiger partial charge in [-0.05, 0) is 75.9 Å². The lowest BCUT2D eigenvalue weighted by molar-refractivity contribution is -0.123. The Hall–Kier alpha value is -3.60. The summed E-state index contributed by atoms with van der Waals surface area (Å²) >= 11 is 0. The molecule has 4 rings (SSSR count). The van der Waals surface area contributed by atoms with Crippen LogP contribution in [0, 0.1) is 41.5 Å². The summed E-state index contributed by atoms with van der Waals surface area (Å²) in [5.41, 5.74) is 10.2. The van der Waals surface area contributed by atoms with Gasteiger partial charge in [-0.25, -0.2) is 4.79 Å². The van der Waals surface area contributed by atoms with Gasteiger partial charge in [-0.1, -0.05) is 47.5 Å². The van der Waals surface area contributed by atoms with Gasteiger partial charge in [0.1, 0.15) is 5.70 Å². The Morgan fingerprint density at radius 3 is 2.09 bits per heavy atom. The lowest BCUT2D eigenvalue weighted by atomic mass is 10.0. The molecule has 32 heavy (non-hydrogen) atoms. The van der Waals surface area contributed by atoms with Crippen LogP contribution in [0.25, 0.3) is 11.8 Å². The van der Waals surface area contributed by atoms with E-state index in [4.69, 9.17) is 0 Å². The number of rotatable bonds is 4. The lowest BCUT2D eigenvalue weighted by Gasteiger charge is -2.17. The largest absolute Gasteiger partial charge is 0.329 e. The Morgan fingerprint density at radius 2 is 1.47 bits per heavy atom. The molecule has 5 nitrogen and oxygen atoms in total. The van der Waals surface area contributed by atoms with E-state index in [-0.39, 0.29) is 18.5 Å². The molecule has 3 amide bonds. The third-order valence-corrected chi connectivity index (χ3v) is 6.05. The van der Waals surface area contributed by atoms with E-state index in [2.05, 4.69) is 55.8 Å². The third kappa shape index (κ3) is 3.86. The average Bonchev–Trinajstić information content (AvgIpc) is 3.13. The number of imide groups is 1. The van der Waals surface area contributed by atoms with Gasteiger partial charge in [-0.15, -0.1) is 0 Å². The molecule has 5 heteroatoms. The fourth-order valence-electron chi connectivity index (χ4n) is 4.55. The number of aryl methyl sites for hydroxylation is 5. The Bertz CT molecular complexity index is 1240. The number of benzene rings is 2. The summed E-state index contributed by atoms with van der Waals surface area (Å²) < 4.78 is 2.22. The van der Waals surface area contributed by atoms with Crippen LogP contribution in [0.2, 0.25) is 0 Å². The quantitative estimate of drug-likeness (QED) is 0.446. The van der Waals surface area contributed by atoms with Crippen molar-refractivity contribution in [2.75, 3.05) is 0 Å². The van der Waals surface area contributed by atoms with Gasteiger partial charge in [0.15, 0.2) is 0 Å². The number of carbonyl (C=O) groups excluding carboxylic acids is 2. The molecule has 3 aromatic rings. The molecular weight excluding hydrogens is 398 g/mol. The first-order valence-electron chi connectivity index (χ1n) is 10.8. The van der Waals surface area contributed by atoms with Gasteiger partial charge in [0.25, 0.3) is 5.91 Å². The molecule has 0 bridgehead atoms. The van der Waals surface area contributed by atoms with Crippen LogP contribution in [0.5, 0.6) is 0 Å². The molecule has 1 aromatic heterocycles. The van der Waals surface area contributed by atoms with E-state index in [0.29, 0.717) is 5.70 Å². The SMILES string of the molecule is Cc1ccc(CN2C(=O)N/C(=C/c3cc(C)n(-c4c(C)cc(C)cc4C)c3C)C2=O)cc1. The van der Waals surface area contributed by atoms with Crippen LogP contribution >= 0.6 is 0 Å². The normalized spacial score (nSPS) is 15.1. The number of carbonyl (C=O) groups is 2. The van der Waals surface area contributed by atoms with Gasteiger partial charge in [0.2, 0.25) is 0 Å². The van der Waals surface area contributed by atoms with Crippen molar-refractivity contribution in [1.29, 1.82) is 0 Å². The van der Waals surface area contributed by atoms with Gasteiger partial charge in [0.05, 0.1) is 12.2 Å². The predicted octanol–water partition coefficient (Wildman–Crippen LogP) is 5.42. The Labute approximate surface area is 189 Å². The summed E-state index contributed by atoms with van der Waals surface area (Å²) in [6, 6.07) is 13.9. The molecule has 1 saturated heterocycles. The van der Waals surface area contributed by atoms with Crippen molar-refractivity contribution in [1.82, 2.24) is 14.8 Å². The van der Waals surface area contributed by atoms with Crippen LogP contribution < -0.4 is 5.32 Å². The highest BCUT2D eigenvalue weighted by molar-refractivity contribution is 6.14. The maximum absolute atomic E-state index is 13.0. The van der Waals surface area contributed by atoms with Gasteiger partial charge >= 0.3 is 6.03 Å². The van der Waals surface area contributed by atoms with Crippen molar-refractivity contribution in [2.24, 2.45) is 0 Å². The second-order valence-electron chi connectivity index (χ2n) is 8.77. The van der Waals surface area contributed by atoms with Crippen molar-refractivity contribution in [3.63, 3.8) is 0 Å². The highest BCUT2D eigenvalue weighted by Crippen LogP contribution is 2.28. The van der Waals surface area contributed by atoms with Gasteiger partial charge < -0.3 is 9.88 Å². The van der Waals surface area contributed by atoms with Crippen LogP contribution in [-0.2, 0) is 11.3 Å². The summed E-state index contributed by atoms with van der Waals surface area (Å²) in [6.07, 6.45) is 1.78. The minimum atomic E-state index is -0.388. The molecule has 2 aromatic carbocycles. The molecule has 0 spiro atoms. The topological polar surface area (TPSA) is 54.3 Å². The molecule has 2 heterocycles. The molecule has 1 aliphatic rings. The maximum atomic E-state index is 13.0. The highest BCUT2D eigenvalue weighted by Gasteiger charge is 2.33. The molecule has 0 radical (unpaired) electrons. The van der Waals surface area contributed by atoms with Gasteiger partial charge in [0, 0.05) is 11.4 Å². The molecule has 0 atom stereocenters. The summed E-state index contributed by atoms with van der Waals surface area (Å²) in [7, 11) is 0. The molecule has 0 saturated carbocycles. The number of aromatic nitrogens is 1. The zero-order valence-electron chi connectivity index (χ0n) is 19.5. The van der Waals surface area contributed by atoms with Crippen LogP contribution in [0.3, 0.4) is 0 Å². The number of amides is 3. The minimum Gasteiger partial charge on any atom is -0.317 e. The Kier molecular flexibility index (Phi) is 5.51. The number of hydrogen-bond acceptors (Lipinski definition) is 2. The minimum absolute atomic E-state index is 0.253. The summed E-state index contributed by atoms with van der Waals surface area (Å²) in [4.78, 5) is 26.7. The molecule has 1 N–H and O–H groups in total. The standard InChI is InChI=1S/C27H29N3O2/c1-16-7-9-22(10-8-16)15-29-26(31)24(28-27(29)32)14-23-13-20(5)30(21(23)6)25-18(3)11-17(2)12-19(25)4/h7-14H,15H2,1-6H3,(H,28,32)/b24-14+. The Balaban J connectivity index is 1.67. The summed E-state index contributed by atoms with van der Waals surface area (Å²) in [5, 5.41) is 2.75. The number of hydrogen-bond donors (Lipinski definition) is 1. The van der Waals surface area contributed by atoms with E-state index in [0.717, 1.165) is 33.8 Å². The molecule has 1 fully saturated rings. The van der Waals surface area contributed by atoms with E-state index >= 15 is 0 Å². The van der Waals surface area contributed by atoms with Crippen molar-refractivity contribution < 1.29 is 9.59 Å². The molecule has 164 valence electrons. The van der Waals surface area contributed by atoms with E-state index in [1.165, 1.54) is 21.6 Å². The number of nitrogens with zero attached hydrogens (tertiary/aromatic N) is 2. The van der Waals surface area contributed by atoms with Crippen LogP contribution in [0.1, 0.15) is 44.8 Å². The van der Waals surface area contributed by atoms with Crippen molar-refractivity contribution in [2.45, 2.75) is 48.1 Å². The monoisotopic (exact) mass is 427 g/mol. The zero-order valence-corrected chi connectivity index (χ0v) is 19.5. The predicted molar refractivity (Wildman–Crippen MR) is 128 cm³/mol. The summed E-state index contributed by atoms with van der Waals surface area (Å²) in [6.45, 7) is 12.7. The molecule has 0 aliphatic carbocycles. The van der Waals surface area contributed by atoms with E-state index < -0.39 is 0 Å². The van der Waals surface area contributed by atoms with E-state index in [9.17, 15) is 9.59 Å². The third-order valence-electron chi connectivity index (χ3n) is 6.05. The fraction of sp³-hybridized carbons (Fsp3) is 0.259. The van der Waals surface area contributed by atoms with E-state index in [1.807, 2.05) is 38.1 Å². The van der Waals surface area contributed by atoms with E-state index in [1.54, 1.807) is 6.08 Å². The molecular formula is C27H29N3O2. The maximum Gasteiger partial charge on any atom is 0.329 e. The van der Waals surface area contributed by atoms with Crippen molar-refractivity contribution in [3.8, 4) is 5.69 Å². The Morgan fingerprint density at radius 1 is 0.844 bits per heavy atom. The second-order valence-corrected chi connectivity index (χ2v) is 8.77. The fourth-order valence-corrected chi connectivity index (χ4v) is 4.55. The van der Waals surface area contributed by atoms with Crippen LogP contribution in [0.15, 0.2) is 48.2 Å². The second kappa shape index (κ2) is 8.15. The van der Waals surface area contributed by atoms with Crippen molar-refractivity contribution in [3.05, 3.63) is 92.9 Å². The van der Waals surface area contributed by atoms with Gasteiger partial charge in [-0.2, -0.15) is 0 Å². The number of urea groups is 1. The smallest absolute Gasteiger partial charge is 0.317 e. The average molecular weight is 428 g/mol. The summed E-state index contributed by atoms with van der Waals surface area (Å²) in [5.74, 6) is -0.303. The van der Waals surface area contributed by atoms with Crippen LogP contribution in [0.4, 0.5) is 4.79 Å². The first-order chi connectivity index (χ1) is 15.2. The highest BCUT2D eigenvalue weighted by atomic mass is 16.2. The van der Waals surface area contributed by atoms with Crippen LogP contribution in [-0.4, -0.2) is 21.4 Å². The van der Waals surface area contributed by atoms with Gasteiger partial charge in [-0.3, -0.25) is 9.69 Å². The lowest BCUT2D eigenvalue weighted by Crippen LogP contribution is -2.30. The molecule has 1 aliphatic heterocycles. The zero-order chi connectivity index (χ0) is 23.2.